The van der Waals surface area contributed by atoms with Crippen LogP contribution in [0.4, 0.5) is 0 Å². The fraction of sp³-hybridized carbons (Fsp3) is 0.500. The first-order valence-corrected chi connectivity index (χ1v) is 9.23. The van der Waals surface area contributed by atoms with Crippen molar-refractivity contribution in [1.29, 1.82) is 0 Å². The van der Waals surface area contributed by atoms with Crippen LogP contribution in [-0.4, -0.2) is 50.1 Å². The van der Waals surface area contributed by atoms with Gasteiger partial charge in [-0.2, -0.15) is 0 Å². The monoisotopic (exact) mass is 392 g/mol. The van der Waals surface area contributed by atoms with Crippen LogP contribution in [0.1, 0.15) is 38.2 Å². The summed E-state index contributed by atoms with van der Waals surface area (Å²) >= 11 is 0. The lowest BCUT2D eigenvalue weighted by molar-refractivity contribution is -0.150. The summed E-state index contributed by atoms with van der Waals surface area (Å²) in [5.41, 5.74) is 0.870. The molecule has 0 heterocycles. The van der Waals surface area contributed by atoms with Crippen molar-refractivity contribution >= 4 is 23.8 Å². The van der Waals surface area contributed by atoms with Gasteiger partial charge in [-0.15, -0.1) is 0 Å². The predicted molar refractivity (Wildman–Crippen MR) is 102 cm³/mol. The van der Waals surface area contributed by atoms with Gasteiger partial charge in [0.05, 0.1) is 7.11 Å². The minimum atomic E-state index is -0.854. The summed E-state index contributed by atoms with van der Waals surface area (Å²) in [6, 6.07) is 8.36. The molecule has 2 amide bonds. The van der Waals surface area contributed by atoms with Gasteiger partial charge in [-0.3, -0.25) is 14.4 Å². The number of esters is 2. The smallest absolute Gasteiger partial charge is 0.328 e. The highest BCUT2D eigenvalue weighted by atomic mass is 16.5. The zero-order valence-electron chi connectivity index (χ0n) is 16.4. The fourth-order valence-electron chi connectivity index (χ4n) is 2.48. The van der Waals surface area contributed by atoms with Crippen molar-refractivity contribution in [3.8, 4) is 0 Å². The number of hydrogen-bond donors (Lipinski definition) is 2. The highest BCUT2D eigenvalue weighted by Crippen LogP contribution is 2.05. The van der Waals surface area contributed by atoms with Crippen molar-refractivity contribution in [3.05, 3.63) is 35.9 Å². The van der Waals surface area contributed by atoms with Crippen LogP contribution < -0.4 is 10.6 Å². The number of carbonyl (C=O) groups excluding carboxylic acids is 4. The fourth-order valence-corrected chi connectivity index (χ4v) is 2.48. The third-order valence-corrected chi connectivity index (χ3v) is 3.90. The van der Waals surface area contributed by atoms with Crippen molar-refractivity contribution in [3.63, 3.8) is 0 Å². The lowest BCUT2D eigenvalue weighted by Gasteiger charge is -2.16. The number of ether oxygens (including phenoxy) is 2. The van der Waals surface area contributed by atoms with E-state index in [0.717, 1.165) is 18.4 Å². The van der Waals surface area contributed by atoms with Gasteiger partial charge >= 0.3 is 11.9 Å². The Morgan fingerprint density at radius 3 is 2.39 bits per heavy atom. The molecule has 0 aliphatic carbocycles. The minimum absolute atomic E-state index is 0.0806. The van der Waals surface area contributed by atoms with Crippen molar-refractivity contribution < 1.29 is 28.7 Å². The Morgan fingerprint density at radius 2 is 1.75 bits per heavy atom. The molecule has 0 saturated carbocycles. The largest absolute Gasteiger partial charge is 0.467 e. The second kappa shape index (κ2) is 13.3. The van der Waals surface area contributed by atoms with Crippen LogP contribution in [0.25, 0.3) is 0 Å². The molecule has 28 heavy (non-hydrogen) atoms. The van der Waals surface area contributed by atoms with Gasteiger partial charge in [-0.1, -0.05) is 36.8 Å². The maximum absolute atomic E-state index is 12.0. The Balaban J connectivity index is 2.30. The molecule has 0 spiro atoms. The topological polar surface area (TPSA) is 111 Å². The third-order valence-electron chi connectivity index (χ3n) is 3.90. The number of carbonyl (C=O) groups is 4. The van der Waals surface area contributed by atoms with Crippen LogP contribution in [0.3, 0.4) is 0 Å². The lowest BCUT2D eigenvalue weighted by Crippen LogP contribution is -2.44. The average molecular weight is 392 g/mol. The summed E-state index contributed by atoms with van der Waals surface area (Å²) in [5.74, 6) is -1.69. The number of unbranched alkanes of at least 4 members (excludes halogenated alkanes) is 2. The molecule has 0 aliphatic heterocycles. The minimum Gasteiger partial charge on any atom is -0.467 e. The third kappa shape index (κ3) is 10.3. The second-order valence-electron chi connectivity index (χ2n) is 6.29. The van der Waals surface area contributed by atoms with Gasteiger partial charge in [0.1, 0.15) is 6.04 Å². The molecule has 8 nitrogen and oxygen atoms in total. The van der Waals surface area contributed by atoms with E-state index < -0.39 is 30.5 Å². The maximum atomic E-state index is 12.0. The van der Waals surface area contributed by atoms with E-state index in [9.17, 15) is 19.2 Å². The normalized spacial score (nSPS) is 11.2. The van der Waals surface area contributed by atoms with Gasteiger partial charge in [0, 0.05) is 26.3 Å². The summed E-state index contributed by atoms with van der Waals surface area (Å²) < 4.78 is 9.66. The summed E-state index contributed by atoms with van der Waals surface area (Å²) in [5, 5.41) is 5.21. The molecule has 1 rings (SSSR count). The van der Waals surface area contributed by atoms with E-state index in [4.69, 9.17) is 9.47 Å². The van der Waals surface area contributed by atoms with Crippen molar-refractivity contribution in [2.75, 3.05) is 20.3 Å². The predicted octanol–water partition coefficient (Wildman–Crippen LogP) is 1.13. The summed E-state index contributed by atoms with van der Waals surface area (Å²) in [6.07, 6.45) is 2.62. The quantitative estimate of drug-likeness (QED) is 0.407. The highest BCUT2D eigenvalue weighted by molar-refractivity contribution is 5.86. The van der Waals surface area contributed by atoms with Crippen LogP contribution >= 0.6 is 0 Å². The van der Waals surface area contributed by atoms with Crippen LogP contribution in [0.2, 0.25) is 0 Å². The van der Waals surface area contributed by atoms with Gasteiger partial charge in [0.15, 0.2) is 6.61 Å². The Kier molecular flexibility index (Phi) is 11.0. The van der Waals surface area contributed by atoms with Gasteiger partial charge in [-0.05, 0) is 18.4 Å². The van der Waals surface area contributed by atoms with E-state index in [-0.39, 0.29) is 18.7 Å². The molecule has 0 saturated heterocycles. The zero-order chi connectivity index (χ0) is 20.8. The molecule has 1 aromatic rings. The molecule has 0 bridgehead atoms. The van der Waals surface area contributed by atoms with Gasteiger partial charge in [-0.25, -0.2) is 4.79 Å². The molecule has 1 unspecified atom stereocenters. The summed E-state index contributed by atoms with van der Waals surface area (Å²) in [7, 11) is 1.25. The number of nitrogens with one attached hydrogen (secondary N) is 2. The zero-order valence-corrected chi connectivity index (χ0v) is 16.4. The van der Waals surface area contributed by atoms with Crippen LogP contribution in [0.15, 0.2) is 30.3 Å². The molecule has 2 N–H and O–H groups in total. The first kappa shape index (κ1) is 23.1. The van der Waals surface area contributed by atoms with E-state index >= 15 is 0 Å². The number of methoxy groups -OCH3 is 1. The van der Waals surface area contributed by atoms with E-state index in [1.165, 1.54) is 14.0 Å². The number of hydrogen-bond acceptors (Lipinski definition) is 6. The molecular weight excluding hydrogens is 364 g/mol. The summed E-state index contributed by atoms with van der Waals surface area (Å²) in [6.45, 7) is 1.57. The van der Waals surface area contributed by atoms with Crippen LogP contribution in [-0.2, 0) is 35.1 Å². The highest BCUT2D eigenvalue weighted by Gasteiger charge is 2.22. The molecular formula is C20H28N2O6. The standard InChI is InChI=1S/C20H28N2O6/c1-15(23)21-12-8-4-7-11-19(25)28-14-18(24)22-17(20(26)27-2)13-16-9-5-3-6-10-16/h3,5-6,9-10,17H,4,7-8,11-14H2,1-2H3,(H,21,23)(H,22,24). The van der Waals surface area contributed by atoms with E-state index in [0.29, 0.717) is 13.0 Å². The Labute approximate surface area is 165 Å². The van der Waals surface area contributed by atoms with Gasteiger partial charge < -0.3 is 20.1 Å². The van der Waals surface area contributed by atoms with Crippen molar-refractivity contribution in [1.82, 2.24) is 10.6 Å². The maximum Gasteiger partial charge on any atom is 0.328 e. The second-order valence-corrected chi connectivity index (χ2v) is 6.29. The van der Waals surface area contributed by atoms with E-state index in [1.54, 1.807) is 0 Å². The number of amides is 2. The first-order valence-electron chi connectivity index (χ1n) is 9.23. The van der Waals surface area contributed by atoms with E-state index in [1.807, 2.05) is 30.3 Å². The molecule has 1 aromatic carbocycles. The van der Waals surface area contributed by atoms with Crippen LogP contribution in [0.5, 0.6) is 0 Å². The molecule has 154 valence electrons. The number of benzene rings is 1. The molecule has 0 fully saturated rings. The Morgan fingerprint density at radius 1 is 1.04 bits per heavy atom. The van der Waals surface area contributed by atoms with Gasteiger partial charge in [0.25, 0.3) is 5.91 Å². The van der Waals surface area contributed by atoms with Crippen LogP contribution in [0, 0.1) is 0 Å². The molecule has 0 aliphatic rings. The van der Waals surface area contributed by atoms with Crippen molar-refractivity contribution in [2.45, 2.75) is 45.1 Å². The lowest BCUT2D eigenvalue weighted by atomic mass is 10.1. The summed E-state index contributed by atoms with van der Waals surface area (Å²) in [4.78, 5) is 46.3. The number of rotatable bonds is 12. The first-order chi connectivity index (χ1) is 13.4. The van der Waals surface area contributed by atoms with Gasteiger partial charge in [0.2, 0.25) is 5.91 Å². The molecule has 0 aromatic heterocycles. The Hall–Kier alpha value is -2.90. The Bertz CT molecular complexity index is 647. The molecule has 8 heteroatoms. The van der Waals surface area contributed by atoms with E-state index in [2.05, 4.69) is 10.6 Å². The average Bonchev–Trinajstić information content (AvgIpc) is 2.68. The molecule has 1 atom stereocenters. The molecule has 0 radical (unpaired) electrons. The van der Waals surface area contributed by atoms with Crippen molar-refractivity contribution in [2.24, 2.45) is 0 Å². The SMILES string of the molecule is COC(=O)C(Cc1ccccc1)NC(=O)COC(=O)CCCCCNC(C)=O.